The van der Waals surface area contributed by atoms with Crippen molar-refractivity contribution >= 4 is 29.2 Å². The van der Waals surface area contributed by atoms with E-state index in [1.165, 1.54) is 20.8 Å². The third-order valence-electron chi connectivity index (χ3n) is 24.0. The SMILES string of the molecule is CC(=O)OCC1OC(Oc2ccc(COc3c(Cc4ccco4)nc4c(Cc5ccccc5)nc(-c5ccc(OC6OC(COC(C)=O)C(C)C(C)C6OC(C)=O)cc5)cn34)cc2)C(C)C(C)C1C.C[O-].OCC1OC(Oc2ccc(COc3c(Cc4ccco4)nc4c(Cc5ccccc5)nc(-c5ccc(OC6OC(CO)C(O)C(O)C6O)cc5)cn34)cc2)C(O)C(O)C1O.[Na+]. The average Bonchev–Trinajstić information content (AvgIpc) is 1.61. The summed E-state index contributed by atoms with van der Waals surface area (Å²) < 4.78 is 92.9. The number of carbonyl (C=O) groups excluding carboxylic acids is 3. The Morgan fingerprint density at radius 1 is 0.379 bits per heavy atom. The Balaban J connectivity index is 0.000000221. The van der Waals surface area contributed by atoms with Crippen molar-refractivity contribution in [1.29, 1.82) is 0 Å². The van der Waals surface area contributed by atoms with Crippen molar-refractivity contribution in [3.63, 3.8) is 0 Å². The fourth-order valence-electron chi connectivity index (χ4n) is 16.1. The predicted molar refractivity (Wildman–Crippen MR) is 468 cm³/mol. The molecule has 12 aromatic rings. The Bertz CT molecular complexity index is 5680. The number of carbonyl (C=O) groups is 3. The topological polar surface area (TPSA) is 443 Å². The van der Waals surface area contributed by atoms with Gasteiger partial charge < -0.3 is 116 Å². The van der Waals surface area contributed by atoms with Gasteiger partial charge in [0, 0.05) is 69.0 Å². The molecule has 0 amide bonds. The molecule has 4 fully saturated rings. The summed E-state index contributed by atoms with van der Waals surface area (Å²) in [6.45, 7) is 13.9. The molecule has 4 saturated heterocycles. The number of ether oxygens (including phenoxy) is 13. The smallest absolute Gasteiger partial charge is 0.857 e. The van der Waals surface area contributed by atoms with Crippen LogP contribution in [0.15, 0.2) is 216 Å². The van der Waals surface area contributed by atoms with Crippen molar-refractivity contribution in [2.45, 2.75) is 187 Å². The quantitative estimate of drug-likeness (QED) is 0.0134. The van der Waals surface area contributed by atoms with E-state index in [0.29, 0.717) is 112 Å². The molecular formula is C98H109N6NaO27. The zero-order valence-corrected chi connectivity index (χ0v) is 76.8. The maximum Gasteiger partial charge on any atom is 1.00 e. The molecule has 4 aliphatic rings. The van der Waals surface area contributed by atoms with Gasteiger partial charge in [-0.15, -0.1) is 0 Å². The number of furan rings is 2. The van der Waals surface area contributed by atoms with Crippen LogP contribution in [0.5, 0.6) is 34.8 Å². The fraction of sp³-hybridized carbons (Fsp3) is 0.398. The summed E-state index contributed by atoms with van der Waals surface area (Å²) in [7, 11) is 0.750. The number of benzene rings is 6. The molecule has 0 saturated carbocycles. The molecular weight excluding hydrogens is 1720 g/mol. The Labute approximate surface area is 783 Å². The molecule has 694 valence electrons. The first-order chi connectivity index (χ1) is 63.3. The summed E-state index contributed by atoms with van der Waals surface area (Å²) in [5.74, 6) is 3.27. The number of aliphatic hydroxyl groups excluding tert-OH is 8. The van der Waals surface area contributed by atoms with Crippen LogP contribution in [0.25, 0.3) is 33.8 Å². The first-order valence-electron chi connectivity index (χ1n) is 43.3. The van der Waals surface area contributed by atoms with E-state index in [9.17, 15) is 55.2 Å². The molecule has 33 nitrogen and oxygen atoms in total. The van der Waals surface area contributed by atoms with Crippen molar-refractivity contribution in [3.8, 4) is 57.3 Å². The number of hydrogen-bond acceptors (Lipinski definition) is 31. The largest absolute Gasteiger partial charge is 1.00 e. The zero-order valence-electron chi connectivity index (χ0n) is 74.8. The van der Waals surface area contributed by atoms with Crippen molar-refractivity contribution in [3.05, 3.63) is 263 Å². The minimum Gasteiger partial charge on any atom is -0.857 e. The van der Waals surface area contributed by atoms with Gasteiger partial charge in [-0.3, -0.25) is 23.2 Å². The molecule has 6 aromatic carbocycles. The van der Waals surface area contributed by atoms with Crippen LogP contribution in [-0.2, 0) is 86.4 Å². The summed E-state index contributed by atoms with van der Waals surface area (Å²) in [5.41, 5.74) is 10.4. The molecule has 16 rings (SSSR count). The fourth-order valence-corrected chi connectivity index (χ4v) is 16.1. The summed E-state index contributed by atoms with van der Waals surface area (Å²) in [6.07, 6.45) is -8.45. The standard InChI is InChI=1S/C54H61N3O12.C43H45N3O14.CH3O.Na/c1-31-32(2)48(29-62-36(6)58)68-53(35(31)5)66-42-20-16-40(17-21-42)28-64-52-46(26-44-15-12-24-61-44)56-51-45(25-39-13-10-9-11-14-39)55-47(27-57(51)52)41-18-22-43(23-19-41)67-54-50(65-38(8)60)34(4)33(3)49(69-54)30-63-37(7)59;47-20-32-34(49)36(51)38(53)42(59-32)57-26-12-8-24(9-13-26)22-56-41-30(18-28-7-4-16-55-28)45-40-29(17-23-5-2-1-3-6-23)44-31(19-46(40)41)25-10-14-27(15-11-25)58-43-39(54)37(52)35(50)33(21-48)60-43;1-2;/h9-24,27,31-35,48-50,53-54H,25-26,28-30H2,1-8H3;1-16,19,32-39,42-43,47-54H,17-18,20-22H2;1H3;/q;;-1;+1. The van der Waals surface area contributed by atoms with Gasteiger partial charge in [0.1, 0.15) is 121 Å². The number of aromatic nitrogens is 6. The number of nitrogens with zero attached hydrogens (tertiary/aromatic N) is 6. The van der Waals surface area contributed by atoms with Gasteiger partial charge in [-0.05, 0) is 137 Å². The van der Waals surface area contributed by atoms with Crippen molar-refractivity contribution in [1.82, 2.24) is 28.7 Å². The molecule has 20 atom stereocenters. The van der Waals surface area contributed by atoms with Crippen LogP contribution < -0.4 is 63.1 Å². The summed E-state index contributed by atoms with van der Waals surface area (Å²) in [6, 6.07) is 56.2. The minimum absolute atomic E-state index is 0. The molecule has 10 heterocycles. The molecule has 0 bridgehead atoms. The molecule has 0 aliphatic carbocycles. The molecule has 132 heavy (non-hydrogen) atoms. The van der Waals surface area contributed by atoms with Crippen LogP contribution in [0.2, 0.25) is 0 Å². The second kappa shape index (κ2) is 45.5. The van der Waals surface area contributed by atoms with E-state index in [2.05, 4.69) is 32.9 Å². The second-order valence-electron chi connectivity index (χ2n) is 32.9. The molecule has 8 N–H and O–H groups in total. The van der Waals surface area contributed by atoms with Gasteiger partial charge in [0.2, 0.25) is 36.9 Å². The normalized spacial score (nSPS) is 25.1. The van der Waals surface area contributed by atoms with Crippen molar-refractivity contribution in [2.75, 3.05) is 33.5 Å². The van der Waals surface area contributed by atoms with Gasteiger partial charge in [-0.25, -0.2) is 19.9 Å². The molecule has 20 unspecified atom stereocenters. The van der Waals surface area contributed by atoms with Gasteiger partial charge in [0.25, 0.3) is 0 Å². The van der Waals surface area contributed by atoms with Crippen LogP contribution in [-0.4, -0.2) is 213 Å². The number of esters is 3. The number of hydrogen-bond donors (Lipinski definition) is 8. The number of aliphatic hydroxyl groups is 8. The van der Waals surface area contributed by atoms with E-state index in [1.807, 2.05) is 150 Å². The minimum atomic E-state index is -1.58. The third-order valence-corrected chi connectivity index (χ3v) is 24.0. The van der Waals surface area contributed by atoms with Crippen LogP contribution in [0.4, 0.5) is 0 Å². The number of rotatable bonds is 31. The molecule has 4 aliphatic heterocycles. The molecule has 0 spiro atoms. The van der Waals surface area contributed by atoms with Gasteiger partial charge in [-0.1, -0.05) is 120 Å². The molecule has 0 radical (unpaired) electrons. The van der Waals surface area contributed by atoms with Gasteiger partial charge >= 0.3 is 47.5 Å². The second-order valence-corrected chi connectivity index (χ2v) is 32.9. The summed E-state index contributed by atoms with van der Waals surface area (Å²) >= 11 is 0. The van der Waals surface area contributed by atoms with Crippen molar-refractivity contribution in [2.24, 2.45) is 29.6 Å². The Hall–Kier alpha value is -11.2. The van der Waals surface area contributed by atoms with E-state index >= 15 is 0 Å². The average molecular weight is 1830 g/mol. The van der Waals surface area contributed by atoms with Gasteiger partial charge in [0.15, 0.2) is 17.4 Å². The molecule has 6 aromatic heterocycles. The van der Waals surface area contributed by atoms with Gasteiger partial charge in [-0.2, -0.15) is 7.11 Å². The number of fused-ring (bicyclic) bond motifs is 2. The Morgan fingerprint density at radius 3 is 1.13 bits per heavy atom. The Kier molecular flexibility index (Phi) is 33.9. The van der Waals surface area contributed by atoms with Crippen molar-refractivity contribution < 1.29 is 160 Å². The maximum absolute atomic E-state index is 12.2. The van der Waals surface area contributed by atoms with E-state index in [0.717, 1.165) is 46.4 Å². The summed E-state index contributed by atoms with van der Waals surface area (Å²) in [5, 5.41) is 88.9. The van der Waals surface area contributed by atoms with Crippen LogP contribution in [0.3, 0.4) is 0 Å². The van der Waals surface area contributed by atoms with Gasteiger partial charge in [0.05, 0.1) is 73.6 Å². The maximum atomic E-state index is 12.2. The zero-order chi connectivity index (χ0) is 92.7. The number of imidazole rings is 2. The first kappa shape index (κ1) is 98.3. The Morgan fingerprint density at radius 2 is 0.750 bits per heavy atom. The summed E-state index contributed by atoms with van der Waals surface area (Å²) in [4.78, 5) is 55.9. The first-order valence-corrected chi connectivity index (χ1v) is 43.3. The third kappa shape index (κ3) is 23.9. The van der Waals surface area contributed by atoms with Crippen LogP contribution >= 0.6 is 0 Å². The molecule has 34 heteroatoms. The monoisotopic (exact) mass is 1820 g/mol. The predicted octanol–water partition coefficient (Wildman–Crippen LogP) is 6.28. The van der Waals surface area contributed by atoms with Crippen LogP contribution in [0.1, 0.15) is 112 Å². The van der Waals surface area contributed by atoms with E-state index < -0.39 is 111 Å². The van der Waals surface area contributed by atoms with E-state index in [1.54, 1.807) is 67.1 Å². The van der Waals surface area contributed by atoms with Crippen LogP contribution in [0, 0.1) is 29.6 Å². The van der Waals surface area contributed by atoms with E-state index in [4.69, 9.17) is 95.5 Å². The van der Waals surface area contributed by atoms with E-state index in [-0.39, 0.29) is 97.6 Å².